The van der Waals surface area contributed by atoms with Gasteiger partial charge < -0.3 is 17.3 Å². The number of nitrogens with one attached hydrogen (secondary N) is 1. The molecule has 23 heavy (non-hydrogen) atoms. The molecule has 1 aliphatic carbocycles. The molecule has 1 heterocycles. The van der Waals surface area contributed by atoms with Gasteiger partial charge in [0.15, 0.2) is 0 Å². The third-order valence-electron chi connectivity index (χ3n) is 5.08. The molecule has 0 bridgehead atoms. The van der Waals surface area contributed by atoms with Crippen molar-refractivity contribution in [2.75, 3.05) is 13.6 Å². The molecule has 0 radical (unpaired) electrons. The molecule has 5 heteroatoms. The van der Waals surface area contributed by atoms with E-state index in [0.29, 0.717) is 6.04 Å². The Morgan fingerprint density at radius 2 is 1.83 bits per heavy atom. The van der Waals surface area contributed by atoms with E-state index in [1.807, 2.05) is 12.1 Å². The van der Waals surface area contributed by atoms with Crippen LogP contribution in [0.15, 0.2) is 36.4 Å². The van der Waals surface area contributed by atoms with Crippen molar-refractivity contribution in [3.8, 4) is 11.1 Å². The van der Waals surface area contributed by atoms with E-state index in [2.05, 4.69) is 13.1 Å². The van der Waals surface area contributed by atoms with Crippen LogP contribution >= 0.6 is 0 Å². The topological polar surface area (TPSA) is 4.44 Å². The van der Waals surface area contributed by atoms with Crippen LogP contribution in [0.5, 0.6) is 0 Å². The van der Waals surface area contributed by atoms with Crippen LogP contribution in [0, 0.1) is 0 Å². The molecule has 2 aliphatic rings. The second-order valence-corrected chi connectivity index (χ2v) is 6.35. The molecule has 4 rings (SSSR count). The predicted molar refractivity (Wildman–Crippen MR) is 78.8 cm³/mol. The second-order valence-electron chi connectivity index (χ2n) is 6.35. The van der Waals surface area contributed by atoms with Gasteiger partial charge in [-0.3, -0.25) is 0 Å². The summed E-state index contributed by atoms with van der Waals surface area (Å²) in [6.45, 7) is 1.08. The number of hydrogen-bond acceptors (Lipinski definition) is 0. The highest BCUT2D eigenvalue weighted by atomic mass is 35.5. The lowest BCUT2D eigenvalue weighted by atomic mass is 9.77. The van der Waals surface area contributed by atoms with Crippen molar-refractivity contribution in [3.63, 3.8) is 0 Å². The molecule has 0 spiro atoms. The highest BCUT2D eigenvalue weighted by Crippen LogP contribution is 2.42. The lowest BCUT2D eigenvalue weighted by Gasteiger charge is -2.37. The summed E-state index contributed by atoms with van der Waals surface area (Å²) < 4.78 is 39.1. The summed E-state index contributed by atoms with van der Waals surface area (Å²) in [5.41, 5.74) is 4.79. The first-order chi connectivity index (χ1) is 10.4. The number of fused-ring (bicyclic) bond motifs is 2. The maximum Gasteiger partial charge on any atom is 0.416 e. The Morgan fingerprint density at radius 3 is 2.57 bits per heavy atom. The zero-order valence-corrected chi connectivity index (χ0v) is 13.4. The molecule has 1 nitrogen and oxygen atoms in total. The molecule has 2 aromatic carbocycles. The number of alkyl halides is 3. The van der Waals surface area contributed by atoms with Gasteiger partial charge in [0.25, 0.3) is 0 Å². The van der Waals surface area contributed by atoms with Crippen LogP contribution in [0.25, 0.3) is 11.1 Å². The molecule has 122 valence electrons. The van der Waals surface area contributed by atoms with Crippen LogP contribution < -0.4 is 17.3 Å². The van der Waals surface area contributed by atoms with E-state index in [1.54, 1.807) is 6.07 Å². The third kappa shape index (κ3) is 2.54. The van der Waals surface area contributed by atoms with E-state index in [0.717, 1.165) is 36.1 Å². The van der Waals surface area contributed by atoms with Gasteiger partial charge in [-0.05, 0) is 34.4 Å². The van der Waals surface area contributed by atoms with Crippen LogP contribution in [0.4, 0.5) is 13.2 Å². The SMILES string of the molecule is C[NH+]1CCc2cccc3c2C1Cc1ccc(C(F)(F)F)cc1-3.[Cl-]. The van der Waals surface area contributed by atoms with Crippen molar-refractivity contribution in [2.24, 2.45) is 0 Å². The molecule has 2 unspecified atom stereocenters. The van der Waals surface area contributed by atoms with Gasteiger partial charge in [0.05, 0.1) is 19.2 Å². The smallest absolute Gasteiger partial charge is 0.416 e. The largest absolute Gasteiger partial charge is 1.00 e. The second kappa shape index (κ2) is 5.53. The summed E-state index contributed by atoms with van der Waals surface area (Å²) >= 11 is 0. The molecule has 0 saturated heterocycles. The monoisotopic (exact) mass is 339 g/mol. The summed E-state index contributed by atoms with van der Waals surface area (Å²) in [6.07, 6.45) is -2.47. The van der Waals surface area contributed by atoms with Crippen molar-refractivity contribution < 1.29 is 30.5 Å². The van der Waals surface area contributed by atoms with Gasteiger partial charge in [-0.15, -0.1) is 0 Å². The molecule has 0 fully saturated rings. The van der Waals surface area contributed by atoms with Gasteiger partial charge in [-0.25, -0.2) is 0 Å². The van der Waals surface area contributed by atoms with Crippen molar-refractivity contribution in [2.45, 2.75) is 25.1 Å². The van der Waals surface area contributed by atoms with Crippen LogP contribution in [-0.2, 0) is 19.0 Å². The normalized spacial score (nSPS) is 21.9. The van der Waals surface area contributed by atoms with E-state index in [1.165, 1.54) is 28.2 Å². The molecule has 1 N–H and O–H groups in total. The molecule has 2 atom stereocenters. The fourth-order valence-corrected chi connectivity index (χ4v) is 3.91. The number of likely N-dealkylation sites (N-methyl/N-ethyl adjacent to an activating group) is 1. The van der Waals surface area contributed by atoms with Crippen molar-refractivity contribution >= 4 is 0 Å². The van der Waals surface area contributed by atoms with Crippen molar-refractivity contribution in [3.05, 3.63) is 58.7 Å². The molecule has 0 saturated carbocycles. The Bertz CT molecular complexity index is 754. The Morgan fingerprint density at radius 1 is 1.04 bits per heavy atom. The Kier molecular flexibility index (Phi) is 3.93. The van der Waals surface area contributed by atoms with Crippen LogP contribution in [-0.4, -0.2) is 13.6 Å². The Balaban J connectivity index is 0.00000156. The first-order valence-electron chi connectivity index (χ1n) is 7.60. The lowest BCUT2D eigenvalue weighted by molar-refractivity contribution is -0.914. The number of rotatable bonds is 0. The van der Waals surface area contributed by atoms with Gasteiger partial charge in [0.2, 0.25) is 0 Å². The number of halogens is 4. The summed E-state index contributed by atoms with van der Waals surface area (Å²) in [7, 11) is 2.18. The molecule has 0 aromatic heterocycles. The van der Waals surface area contributed by atoms with E-state index in [4.69, 9.17) is 0 Å². The Hall–Kier alpha value is -1.52. The maximum absolute atomic E-state index is 13.0. The highest BCUT2D eigenvalue weighted by molar-refractivity contribution is 5.75. The van der Waals surface area contributed by atoms with Gasteiger partial charge >= 0.3 is 6.18 Å². The predicted octanol–water partition coefficient (Wildman–Crippen LogP) is 0.0444. The Labute approximate surface area is 139 Å². The van der Waals surface area contributed by atoms with Gasteiger partial charge in [-0.2, -0.15) is 13.2 Å². The van der Waals surface area contributed by atoms with E-state index >= 15 is 0 Å². The molecule has 1 aliphatic heterocycles. The fraction of sp³-hybridized carbons (Fsp3) is 0.333. The minimum atomic E-state index is -4.29. The third-order valence-corrected chi connectivity index (χ3v) is 5.08. The first-order valence-corrected chi connectivity index (χ1v) is 7.60. The average molecular weight is 340 g/mol. The van der Waals surface area contributed by atoms with Crippen LogP contribution in [0.3, 0.4) is 0 Å². The van der Waals surface area contributed by atoms with E-state index < -0.39 is 11.7 Å². The molecular weight excluding hydrogens is 323 g/mol. The van der Waals surface area contributed by atoms with Crippen LogP contribution in [0.1, 0.15) is 28.3 Å². The standard InChI is InChI=1S/C18H16F3N.ClH/c1-22-8-7-11-3-2-4-14-15-10-13(18(19,20)21)6-5-12(15)9-16(22)17(11)14;/h2-6,10,16H,7-9H2,1H3;1H. The van der Waals surface area contributed by atoms with E-state index in [-0.39, 0.29) is 12.4 Å². The summed E-state index contributed by atoms with van der Waals surface area (Å²) in [4.78, 5) is 1.45. The minimum absolute atomic E-state index is 0. The summed E-state index contributed by atoms with van der Waals surface area (Å²) in [5.74, 6) is 0. The van der Waals surface area contributed by atoms with E-state index in [9.17, 15) is 13.2 Å². The molecular formula is C18H17ClF3N. The molecule has 0 amide bonds. The van der Waals surface area contributed by atoms with Gasteiger partial charge in [-0.1, -0.05) is 24.3 Å². The quantitative estimate of drug-likeness (QED) is 0.691. The van der Waals surface area contributed by atoms with Crippen molar-refractivity contribution in [1.29, 1.82) is 0 Å². The first kappa shape index (κ1) is 16.3. The fourth-order valence-electron chi connectivity index (χ4n) is 3.91. The zero-order chi connectivity index (χ0) is 15.5. The maximum atomic E-state index is 13.0. The molecule has 2 aromatic rings. The average Bonchev–Trinajstić information content (AvgIpc) is 2.49. The number of benzene rings is 2. The number of hydrogen-bond donors (Lipinski definition) is 1. The lowest BCUT2D eigenvalue weighted by Crippen LogP contribution is -3.10. The highest BCUT2D eigenvalue weighted by Gasteiger charge is 2.37. The summed E-state index contributed by atoms with van der Waals surface area (Å²) in [6, 6.07) is 10.6. The number of quaternary nitrogens is 1. The summed E-state index contributed by atoms with van der Waals surface area (Å²) in [5, 5.41) is 0. The van der Waals surface area contributed by atoms with Crippen molar-refractivity contribution in [1.82, 2.24) is 0 Å². The zero-order valence-electron chi connectivity index (χ0n) is 12.7. The van der Waals surface area contributed by atoms with Crippen LogP contribution in [0.2, 0.25) is 0 Å². The van der Waals surface area contributed by atoms with Gasteiger partial charge in [0.1, 0.15) is 6.04 Å². The minimum Gasteiger partial charge on any atom is -1.00 e. The van der Waals surface area contributed by atoms with Gasteiger partial charge in [0, 0.05) is 18.4 Å².